The predicted molar refractivity (Wildman–Crippen MR) is 96.8 cm³/mol. The number of hydrogen-bond donors (Lipinski definition) is 2. The number of rotatable bonds is 7. The molecule has 0 saturated heterocycles. The molecule has 132 valence electrons. The topological polar surface area (TPSA) is 84.5 Å². The van der Waals surface area contributed by atoms with E-state index in [0.717, 1.165) is 11.1 Å². The van der Waals surface area contributed by atoms with Gasteiger partial charge in [-0.3, -0.25) is 14.4 Å². The number of benzene rings is 1. The fraction of sp³-hybridized carbons (Fsp3) is 0.278. The van der Waals surface area contributed by atoms with Gasteiger partial charge in [-0.15, -0.1) is 11.3 Å². The minimum absolute atomic E-state index is 0.00789. The maximum atomic E-state index is 11.8. The lowest BCUT2D eigenvalue weighted by molar-refractivity contribution is -0.147. The van der Waals surface area contributed by atoms with Crippen molar-refractivity contribution in [1.29, 1.82) is 0 Å². The van der Waals surface area contributed by atoms with E-state index in [-0.39, 0.29) is 25.5 Å². The predicted octanol–water partition coefficient (Wildman–Crippen LogP) is 2.67. The molecule has 0 radical (unpaired) electrons. The van der Waals surface area contributed by atoms with Gasteiger partial charge in [-0.2, -0.15) is 0 Å². The molecule has 1 heterocycles. The largest absolute Gasteiger partial charge is 0.456 e. The monoisotopic (exact) mass is 360 g/mol. The van der Waals surface area contributed by atoms with Gasteiger partial charge in [-0.1, -0.05) is 12.1 Å². The molecule has 0 aliphatic heterocycles. The van der Waals surface area contributed by atoms with Gasteiger partial charge < -0.3 is 15.4 Å². The second kappa shape index (κ2) is 8.98. The third-order valence-electron chi connectivity index (χ3n) is 3.23. The molecule has 25 heavy (non-hydrogen) atoms. The van der Waals surface area contributed by atoms with E-state index in [0.29, 0.717) is 10.6 Å². The van der Waals surface area contributed by atoms with E-state index in [1.807, 2.05) is 32.0 Å². The highest BCUT2D eigenvalue weighted by atomic mass is 32.1. The first-order valence-electron chi connectivity index (χ1n) is 7.79. The van der Waals surface area contributed by atoms with Gasteiger partial charge in [-0.25, -0.2) is 0 Å². The summed E-state index contributed by atoms with van der Waals surface area (Å²) in [5, 5.41) is 7.12. The Balaban J connectivity index is 1.67. The van der Waals surface area contributed by atoms with Gasteiger partial charge in [0.1, 0.15) is 0 Å². The number of amides is 2. The number of ether oxygens (including phenoxy) is 1. The molecule has 1 aromatic carbocycles. The second-order valence-electron chi connectivity index (χ2n) is 5.57. The maximum Gasteiger partial charge on any atom is 0.308 e. The molecule has 0 unspecified atom stereocenters. The SMILES string of the molecule is Cc1cc(C)cc(NC(=O)COC(=O)CCNC(=O)c2cccs2)c1. The van der Waals surface area contributed by atoms with Crippen molar-refractivity contribution in [3.63, 3.8) is 0 Å². The normalized spacial score (nSPS) is 10.2. The van der Waals surface area contributed by atoms with Gasteiger partial charge >= 0.3 is 5.97 Å². The highest BCUT2D eigenvalue weighted by Crippen LogP contribution is 2.13. The number of esters is 1. The maximum absolute atomic E-state index is 11.8. The summed E-state index contributed by atoms with van der Waals surface area (Å²) in [5.74, 6) is -1.17. The standard InChI is InChI=1S/C18H20N2O4S/c1-12-8-13(2)10-14(9-12)20-16(21)11-24-17(22)5-6-19-18(23)15-4-3-7-25-15/h3-4,7-10H,5-6,11H2,1-2H3,(H,19,23)(H,20,21). The van der Waals surface area contributed by atoms with E-state index in [9.17, 15) is 14.4 Å². The number of carbonyl (C=O) groups is 3. The van der Waals surface area contributed by atoms with Gasteiger partial charge in [0.15, 0.2) is 6.61 Å². The van der Waals surface area contributed by atoms with Crippen LogP contribution in [0.15, 0.2) is 35.7 Å². The van der Waals surface area contributed by atoms with Crippen LogP contribution in [0.2, 0.25) is 0 Å². The summed E-state index contributed by atoms with van der Waals surface area (Å²) in [5.41, 5.74) is 2.74. The third-order valence-corrected chi connectivity index (χ3v) is 4.10. The smallest absolute Gasteiger partial charge is 0.308 e. The van der Waals surface area contributed by atoms with Crippen LogP contribution in [0.25, 0.3) is 0 Å². The van der Waals surface area contributed by atoms with Gasteiger partial charge in [0.2, 0.25) is 0 Å². The van der Waals surface area contributed by atoms with Crippen LogP contribution in [0, 0.1) is 13.8 Å². The van der Waals surface area contributed by atoms with Gasteiger partial charge in [-0.05, 0) is 48.6 Å². The number of carbonyl (C=O) groups excluding carboxylic acids is 3. The van der Waals surface area contributed by atoms with Crippen LogP contribution in [0.4, 0.5) is 5.69 Å². The summed E-state index contributed by atoms with van der Waals surface area (Å²) in [6.45, 7) is 3.68. The molecule has 0 atom stereocenters. The van der Waals surface area contributed by atoms with Gasteiger partial charge in [0.05, 0.1) is 11.3 Å². The lowest BCUT2D eigenvalue weighted by atomic mass is 10.1. The van der Waals surface area contributed by atoms with E-state index in [2.05, 4.69) is 10.6 Å². The second-order valence-corrected chi connectivity index (χ2v) is 6.52. The average Bonchev–Trinajstić information content (AvgIpc) is 3.06. The Bertz CT molecular complexity index is 736. The molecule has 0 fully saturated rings. The molecular weight excluding hydrogens is 340 g/mol. The lowest BCUT2D eigenvalue weighted by Gasteiger charge is -2.08. The molecule has 2 amide bonds. The zero-order valence-corrected chi connectivity index (χ0v) is 14.9. The van der Waals surface area contributed by atoms with E-state index in [1.165, 1.54) is 11.3 Å². The first-order chi connectivity index (χ1) is 11.9. The highest BCUT2D eigenvalue weighted by Gasteiger charge is 2.10. The molecule has 0 spiro atoms. The quantitative estimate of drug-likeness (QED) is 0.744. The summed E-state index contributed by atoms with van der Waals surface area (Å²) < 4.78 is 4.91. The van der Waals surface area contributed by atoms with Crippen molar-refractivity contribution in [3.8, 4) is 0 Å². The molecule has 7 heteroatoms. The molecule has 2 aromatic rings. The van der Waals surface area contributed by atoms with E-state index in [4.69, 9.17) is 4.74 Å². The summed E-state index contributed by atoms with van der Waals surface area (Å²) in [7, 11) is 0. The summed E-state index contributed by atoms with van der Waals surface area (Å²) in [6.07, 6.45) is 0.00789. The number of nitrogens with one attached hydrogen (secondary N) is 2. The minimum Gasteiger partial charge on any atom is -0.456 e. The molecule has 2 N–H and O–H groups in total. The Morgan fingerprint density at radius 3 is 2.48 bits per heavy atom. The highest BCUT2D eigenvalue weighted by molar-refractivity contribution is 7.12. The Hall–Kier alpha value is -2.67. The van der Waals surface area contributed by atoms with Crippen LogP contribution in [0.3, 0.4) is 0 Å². The van der Waals surface area contributed by atoms with Gasteiger partial charge in [0, 0.05) is 12.2 Å². The summed E-state index contributed by atoms with van der Waals surface area (Å²) >= 11 is 1.33. The van der Waals surface area contributed by atoms with Crippen LogP contribution in [0.1, 0.15) is 27.2 Å². The van der Waals surface area contributed by atoms with E-state index >= 15 is 0 Å². The van der Waals surface area contributed by atoms with E-state index in [1.54, 1.807) is 17.5 Å². The van der Waals surface area contributed by atoms with Crippen LogP contribution >= 0.6 is 11.3 Å². The fourth-order valence-corrected chi connectivity index (χ4v) is 2.88. The minimum atomic E-state index is -0.540. The molecule has 0 saturated carbocycles. The van der Waals surface area contributed by atoms with Crippen molar-refractivity contribution < 1.29 is 19.1 Å². The zero-order chi connectivity index (χ0) is 18.2. The fourth-order valence-electron chi connectivity index (χ4n) is 2.24. The van der Waals surface area contributed by atoms with Crippen molar-refractivity contribution in [2.75, 3.05) is 18.5 Å². The van der Waals surface area contributed by atoms with E-state index < -0.39 is 11.9 Å². The summed E-state index contributed by atoms with van der Waals surface area (Å²) in [4.78, 5) is 35.7. The summed E-state index contributed by atoms with van der Waals surface area (Å²) in [6, 6.07) is 9.16. The van der Waals surface area contributed by atoms with Crippen LogP contribution in [-0.4, -0.2) is 30.9 Å². The van der Waals surface area contributed by atoms with Crippen molar-refractivity contribution in [1.82, 2.24) is 5.32 Å². The number of anilines is 1. The third kappa shape index (κ3) is 6.39. The molecule has 6 nitrogen and oxygen atoms in total. The van der Waals surface area contributed by atoms with Crippen molar-refractivity contribution >= 4 is 34.8 Å². The lowest BCUT2D eigenvalue weighted by Crippen LogP contribution is -2.27. The number of hydrogen-bond acceptors (Lipinski definition) is 5. The van der Waals surface area contributed by atoms with Crippen molar-refractivity contribution in [3.05, 3.63) is 51.7 Å². The molecule has 0 aliphatic carbocycles. The average molecular weight is 360 g/mol. The number of thiophene rings is 1. The van der Waals surface area contributed by atoms with Gasteiger partial charge in [0.25, 0.3) is 11.8 Å². The zero-order valence-electron chi connectivity index (χ0n) is 14.1. The number of aryl methyl sites for hydroxylation is 2. The molecular formula is C18H20N2O4S. The van der Waals surface area contributed by atoms with Crippen LogP contribution in [0.5, 0.6) is 0 Å². The van der Waals surface area contributed by atoms with Crippen molar-refractivity contribution in [2.45, 2.75) is 20.3 Å². The Labute approximate surface area is 150 Å². The first-order valence-corrected chi connectivity index (χ1v) is 8.67. The molecule has 0 bridgehead atoms. The molecule has 0 aliphatic rings. The Morgan fingerprint density at radius 2 is 1.84 bits per heavy atom. The van der Waals surface area contributed by atoms with Crippen LogP contribution < -0.4 is 10.6 Å². The first kappa shape index (κ1) is 18.7. The Morgan fingerprint density at radius 1 is 1.12 bits per heavy atom. The van der Waals surface area contributed by atoms with Crippen LogP contribution in [-0.2, 0) is 14.3 Å². The Kier molecular flexibility index (Phi) is 6.71. The van der Waals surface area contributed by atoms with Crippen molar-refractivity contribution in [2.24, 2.45) is 0 Å². The molecule has 2 rings (SSSR count). The molecule has 1 aromatic heterocycles.